The van der Waals surface area contributed by atoms with Crippen molar-refractivity contribution in [2.75, 3.05) is 6.26 Å². The Morgan fingerprint density at radius 3 is 2.58 bits per heavy atom. The van der Waals surface area contributed by atoms with Gasteiger partial charge in [-0.15, -0.1) is 16.4 Å². The molecule has 0 aliphatic carbocycles. The van der Waals surface area contributed by atoms with Crippen LogP contribution >= 0.6 is 27.3 Å². The zero-order chi connectivity index (χ0) is 22.0. The van der Waals surface area contributed by atoms with Crippen LogP contribution in [0.4, 0.5) is 0 Å². The van der Waals surface area contributed by atoms with E-state index in [-0.39, 0.29) is 17.3 Å². The lowest BCUT2D eigenvalue weighted by Crippen LogP contribution is -2.22. The van der Waals surface area contributed by atoms with Gasteiger partial charge in [0.1, 0.15) is 15.6 Å². The van der Waals surface area contributed by atoms with Crippen LogP contribution in [0.1, 0.15) is 15.4 Å². The molecule has 0 unspecified atom stereocenters. The maximum absolute atomic E-state index is 12.5. The fraction of sp³-hybridized carbons (Fsp3) is 0.105. The minimum Gasteiger partial charge on any atom is -0.346 e. The summed E-state index contributed by atoms with van der Waals surface area (Å²) in [6.45, 7) is 0.200. The van der Waals surface area contributed by atoms with Gasteiger partial charge in [-0.3, -0.25) is 4.79 Å². The highest BCUT2D eigenvalue weighted by Gasteiger charge is 2.14. The third-order valence-corrected chi connectivity index (χ3v) is 6.82. The van der Waals surface area contributed by atoms with Gasteiger partial charge < -0.3 is 5.32 Å². The Morgan fingerprint density at radius 1 is 1.13 bits per heavy atom. The molecule has 3 heterocycles. The summed E-state index contributed by atoms with van der Waals surface area (Å²) in [7, 11) is -3.26. The molecule has 0 bridgehead atoms. The zero-order valence-electron chi connectivity index (χ0n) is 16.1. The van der Waals surface area contributed by atoms with Gasteiger partial charge >= 0.3 is 0 Å². The second kappa shape index (κ2) is 8.65. The molecule has 4 aromatic rings. The van der Waals surface area contributed by atoms with E-state index in [1.54, 1.807) is 30.6 Å². The zero-order valence-corrected chi connectivity index (χ0v) is 19.3. The van der Waals surface area contributed by atoms with Crippen LogP contribution in [0.3, 0.4) is 0 Å². The van der Waals surface area contributed by atoms with Crippen molar-refractivity contribution in [1.82, 2.24) is 30.3 Å². The van der Waals surface area contributed by atoms with E-state index in [1.807, 2.05) is 6.07 Å². The van der Waals surface area contributed by atoms with Crippen LogP contribution in [0.2, 0.25) is 0 Å². The van der Waals surface area contributed by atoms with E-state index in [9.17, 15) is 13.2 Å². The fourth-order valence-electron chi connectivity index (χ4n) is 2.61. The minimum atomic E-state index is -3.26. The lowest BCUT2D eigenvalue weighted by Gasteiger charge is -2.01. The molecule has 0 spiro atoms. The molecule has 0 saturated carbocycles. The van der Waals surface area contributed by atoms with Crippen LogP contribution in [0.25, 0.3) is 16.4 Å². The molecule has 0 fully saturated rings. The predicted molar refractivity (Wildman–Crippen MR) is 119 cm³/mol. The van der Waals surface area contributed by atoms with Gasteiger partial charge in [0.05, 0.1) is 23.8 Å². The highest BCUT2D eigenvalue weighted by molar-refractivity contribution is 9.10. The third-order valence-electron chi connectivity index (χ3n) is 4.18. The van der Waals surface area contributed by atoms with Crippen molar-refractivity contribution < 1.29 is 13.2 Å². The number of hydrogen-bond donors (Lipinski definition) is 1. The molecule has 1 aromatic carbocycles. The van der Waals surface area contributed by atoms with Crippen LogP contribution in [-0.4, -0.2) is 45.5 Å². The van der Waals surface area contributed by atoms with Crippen LogP contribution < -0.4 is 5.32 Å². The molecule has 31 heavy (non-hydrogen) atoms. The first kappa shape index (κ1) is 21.3. The molecule has 4 rings (SSSR count). The number of thiazole rings is 1. The van der Waals surface area contributed by atoms with Crippen LogP contribution in [0, 0.1) is 0 Å². The second-order valence-corrected chi connectivity index (χ2v) is 10.5. The molecule has 12 heteroatoms. The maximum Gasteiger partial charge on any atom is 0.263 e. The van der Waals surface area contributed by atoms with Crippen molar-refractivity contribution in [2.24, 2.45) is 0 Å². The summed E-state index contributed by atoms with van der Waals surface area (Å²) in [5.41, 5.74) is 1.32. The van der Waals surface area contributed by atoms with Gasteiger partial charge in [0.2, 0.25) is 0 Å². The summed E-state index contributed by atoms with van der Waals surface area (Å²) in [4.78, 5) is 21.6. The topological polar surface area (TPSA) is 120 Å². The maximum atomic E-state index is 12.5. The standard InChI is InChI=1S/C19H15BrN6O3S2/c1-31(28,29)15-5-2-12(3-6-15)19-23-10-16(30-19)18(27)22-9-14-11-26(25-24-14)17-7-4-13(20)8-21-17/h2-8,10-11H,9H2,1H3,(H,22,27). The molecular formula is C19H15BrN6O3S2. The Kier molecular flexibility index (Phi) is 5.94. The van der Waals surface area contributed by atoms with Gasteiger partial charge in [0, 0.05) is 22.5 Å². The van der Waals surface area contributed by atoms with Crippen molar-refractivity contribution >= 4 is 43.0 Å². The smallest absolute Gasteiger partial charge is 0.263 e. The Balaban J connectivity index is 1.40. The quantitative estimate of drug-likeness (QED) is 0.416. The summed E-state index contributed by atoms with van der Waals surface area (Å²) < 4.78 is 25.5. The average molecular weight is 519 g/mol. The van der Waals surface area contributed by atoms with Gasteiger partial charge in [-0.25, -0.2) is 23.1 Å². The van der Waals surface area contributed by atoms with Crippen molar-refractivity contribution in [3.63, 3.8) is 0 Å². The van der Waals surface area contributed by atoms with Crippen LogP contribution in [-0.2, 0) is 16.4 Å². The average Bonchev–Trinajstić information content (AvgIpc) is 3.42. The lowest BCUT2D eigenvalue weighted by atomic mass is 10.2. The van der Waals surface area contributed by atoms with Crippen molar-refractivity contribution in [2.45, 2.75) is 11.4 Å². The van der Waals surface area contributed by atoms with E-state index in [0.29, 0.717) is 21.4 Å². The molecule has 0 aliphatic rings. The monoisotopic (exact) mass is 518 g/mol. The Hall–Kier alpha value is -2.96. The molecule has 9 nitrogen and oxygen atoms in total. The van der Waals surface area contributed by atoms with Crippen LogP contribution in [0.15, 0.2) is 64.4 Å². The molecule has 1 amide bonds. The van der Waals surface area contributed by atoms with Gasteiger partial charge in [-0.2, -0.15) is 0 Å². The fourth-order valence-corrected chi connectivity index (χ4v) is 4.31. The van der Waals surface area contributed by atoms with E-state index in [4.69, 9.17) is 0 Å². The number of pyridine rings is 1. The molecule has 0 aliphatic heterocycles. The first-order valence-corrected chi connectivity index (χ1v) is 12.4. The number of amides is 1. The normalized spacial score (nSPS) is 11.4. The predicted octanol–water partition coefficient (Wildman–Crippen LogP) is 2.88. The first-order chi connectivity index (χ1) is 14.8. The largest absolute Gasteiger partial charge is 0.346 e. The molecule has 3 aromatic heterocycles. The molecule has 0 radical (unpaired) electrons. The minimum absolute atomic E-state index is 0.200. The molecule has 0 saturated heterocycles. The number of nitrogens with zero attached hydrogens (tertiary/aromatic N) is 5. The van der Waals surface area contributed by atoms with E-state index in [0.717, 1.165) is 16.3 Å². The number of rotatable bonds is 6. The number of halogens is 1. The van der Waals surface area contributed by atoms with Gasteiger partial charge in [-0.1, -0.05) is 17.3 Å². The number of sulfone groups is 1. The van der Waals surface area contributed by atoms with E-state index in [2.05, 4.69) is 41.5 Å². The van der Waals surface area contributed by atoms with Crippen LogP contribution in [0.5, 0.6) is 0 Å². The molecular weight excluding hydrogens is 504 g/mol. The number of nitrogens with one attached hydrogen (secondary N) is 1. The van der Waals surface area contributed by atoms with E-state index < -0.39 is 9.84 Å². The second-order valence-electron chi connectivity index (χ2n) is 6.50. The number of carbonyl (C=O) groups excluding carboxylic acids is 1. The lowest BCUT2D eigenvalue weighted by molar-refractivity contribution is 0.0954. The summed E-state index contributed by atoms with van der Waals surface area (Å²) in [5, 5.41) is 11.5. The molecule has 1 N–H and O–H groups in total. The van der Waals surface area contributed by atoms with Crippen molar-refractivity contribution in [1.29, 1.82) is 0 Å². The highest BCUT2D eigenvalue weighted by atomic mass is 79.9. The number of aromatic nitrogens is 5. The number of hydrogen-bond acceptors (Lipinski definition) is 8. The number of benzene rings is 1. The Labute approximate surface area is 190 Å². The summed E-state index contributed by atoms with van der Waals surface area (Å²) in [5.74, 6) is 0.329. The highest BCUT2D eigenvalue weighted by Crippen LogP contribution is 2.26. The van der Waals surface area contributed by atoms with Gasteiger partial charge in [0.25, 0.3) is 5.91 Å². The van der Waals surface area contributed by atoms with Gasteiger partial charge in [0.15, 0.2) is 15.7 Å². The SMILES string of the molecule is CS(=O)(=O)c1ccc(-c2ncc(C(=O)NCc3cn(-c4ccc(Br)cn4)nn3)s2)cc1. The molecule has 0 atom stereocenters. The molecule has 158 valence electrons. The summed E-state index contributed by atoms with van der Waals surface area (Å²) in [6.07, 6.45) is 6.00. The third kappa shape index (κ3) is 5.03. The van der Waals surface area contributed by atoms with Gasteiger partial charge in [-0.05, 0) is 40.2 Å². The first-order valence-electron chi connectivity index (χ1n) is 8.87. The summed E-state index contributed by atoms with van der Waals surface area (Å²) in [6, 6.07) is 10.0. The Morgan fingerprint density at radius 2 is 1.90 bits per heavy atom. The van der Waals surface area contributed by atoms with E-state index >= 15 is 0 Å². The van der Waals surface area contributed by atoms with E-state index in [1.165, 1.54) is 34.3 Å². The van der Waals surface area contributed by atoms with Crippen molar-refractivity contribution in [3.8, 4) is 16.4 Å². The summed E-state index contributed by atoms with van der Waals surface area (Å²) >= 11 is 4.55. The Bertz CT molecular complexity index is 1330. The number of carbonyl (C=O) groups is 1. The van der Waals surface area contributed by atoms with Crippen molar-refractivity contribution in [3.05, 3.63) is 70.0 Å².